The van der Waals surface area contributed by atoms with Crippen LogP contribution >= 0.6 is 0 Å². The number of allylic oxidation sites excluding steroid dienone is 4. The molecular formula is C14H28. The van der Waals surface area contributed by atoms with E-state index >= 15 is 0 Å². The Balaban J connectivity index is 0. The van der Waals surface area contributed by atoms with Gasteiger partial charge in [0.2, 0.25) is 0 Å². The van der Waals surface area contributed by atoms with E-state index in [0.29, 0.717) is 11.8 Å². The summed E-state index contributed by atoms with van der Waals surface area (Å²) in [6.07, 6.45) is 8.72. The summed E-state index contributed by atoms with van der Waals surface area (Å²) in [5, 5.41) is 0. The summed E-state index contributed by atoms with van der Waals surface area (Å²) >= 11 is 0. The highest BCUT2D eigenvalue weighted by atomic mass is 13.9. The molecule has 0 nitrogen and oxygen atoms in total. The van der Waals surface area contributed by atoms with E-state index < -0.39 is 0 Å². The zero-order valence-electron chi connectivity index (χ0n) is 11.0. The lowest BCUT2D eigenvalue weighted by Crippen LogP contribution is -1.81. The maximum atomic E-state index is 2.24. The van der Waals surface area contributed by atoms with E-state index in [2.05, 4.69) is 65.8 Å². The van der Waals surface area contributed by atoms with Gasteiger partial charge in [-0.1, -0.05) is 65.8 Å². The molecule has 0 aromatic rings. The largest absolute Gasteiger partial charge is 0.0914 e. The highest BCUT2D eigenvalue weighted by Crippen LogP contribution is 1.99. The van der Waals surface area contributed by atoms with Gasteiger partial charge in [0.05, 0.1) is 0 Å². The molecule has 0 aliphatic carbocycles. The SMILES string of the molecule is CC(C)/C=C/C(C)C.CC=CC(C)C. The topological polar surface area (TPSA) is 0 Å². The Kier molecular flexibility index (Phi) is 12.0. The molecule has 0 rings (SSSR count). The van der Waals surface area contributed by atoms with E-state index in [9.17, 15) is 0 Å². The van der Waals surface area contributed by atoms with Gasteiger partial charge in [-0.05, 0) is 24.7 Å². The second-order valence-corrected chi connectivity index (χ2v) is 4.64. The van der Waals surface area contributed by atoms with Gasteiger partial charge in [0.25, 0.3) is 0 Å². The van der Waals surface area contributed by atoms with E-state index in [0.717, 1.165) is 5.92 Å². The molecule has 0 aliphatic heterocycles. The molecule has 0 spiro atoms. The normalized spacial score (nSPS) is 11.9. The van der Waals surface area contributed by atoms with E-state index in [1.165, 1.54) is 0 Å². The predicted octanol–water partition coefficient (Wildman–Crippen LogP) is 5.07. The summed E-state index contributed by atoms with van der Waals surface area (Å²) in [6.45, 7) is 15.1. The van der Waals surface area contributed by atoms with E-state index in [1.54, 1.807) is 0 Å². The molecule has 0 saturated heterocycles. The van der Waals surface area contributed by atoms with Crippen molar-refractivity contribution in [2.45, 2.75) is 48.5 Å². The van der Waals surface area contributed by atoms with Crippen molar-refractivity contribution < 1.29 is 0 Å². The minimum absolute atomic E-state index is 0.706. The maximum Gasteiger partial charge on any atom is -0.0290 e. The molecule has 0 fully saturated rings. The van der Waals surface area contributed by atoms with Crippen LogP contribution in [0, 0.1) is 17.8 Å². The fraction of sp³-hybridized carbons (Fsp3) is 0.714. The molecule has 0 unspecified atom stereocenters. The quantitative estimate of drug-likeness (QED) is 0.553. The smallest absolute Gasteiger partial charge is 0.0290 e. The molecule has 0 aromatic heterocycles. The van der Waals surface area contributed by atoms with Gasteiger partial charge in [-0.3, -0.25) is 0 Å². The van der Waals surface area contributed by atoms with Crippen molar-refractivity contribution in [2.24, 2.45) is 17.8 Å². The molecular weight excluding hydrogens is 168 g/mol. The van der Waals surface area contributed by atoms with Crippen LogP contribution in [0.1, 0.15) is 48.5 Å². The lowest BCUT2D eigenvalue weighted by atomic mass is 10.1. The van der Waals surface area contributed by atoms with Crippen LogP contribution in [0.25, 0.3) is 0 Å². The Hall–Kier alpha value is -0.520. The molecule has 0 N–H and O–H groups in total. The highest BCUT2D eigenvalue weighted by Gasteiger charge is 1.85. The van der Waals surface area contributed by atoms with Gasteiger partial charge < -0.3 is 0 Å². The molecule has 0 atom stereocenters. The monoisotopic (exact) mass is 196 g/mol. The first kappa shape index (κ1) is 15.9. The third kappa shape index (κ3) is 22.5. The predicted molar refractivity (Wildman–Crippen MR) is 68.5 cm³/mol. The standard InChI is InChI=1S/C8H16.C6H12/c1-7(2)5-6-8(3)4;1-4-5-6(2)3/h5-8H,1-4H3;4-6H,1-3H3/b6-5+;. The first-order valence-electron chi connectivity index (χ1n) is 5.71. The van der Waals surface area contributed by atoms with Gasteiger partial charge >= 0.3 is 0 Å². The van der Waals surface area contributed by atoms with Crippen molar-refractivity contribution in [1.29, 1.82) is 0 Å². The minimum atomic E-state index is 0.706. The van der Waals surface area contributed by atoms with E-state index in [1.807, 2.05) is 6.92 Å². The zero-order chi connectivity index (χ0) is 11.6. The van der Waals surface area contributed by atoms with Crippen molar-refractivity contribution in [3.8, 4) is 0 Å². The molecule has 0 radical (unpaired) electrons. The van der Waals surface area contributed by atoms with E-state index in [-0.39, 0.29) is 0 Å². The summed E-state index contributed by atoms with van der Waals surface area (Å²) in [5.41, 5.74) is 0. The fourth-order valence-electron chi connectivity index (χ4n) is 0.829. The molecule has 0 saturated carbocycles. The van der Waals surface area contributed by atoms with Crippen LogP contribution in [0.2, 0.25) is 0 Å². The van der Waals surface area contributed by atoms with Gasteiger partial charge in [-0.2, -0.15) is 0 Å². The van der Waals surface area contributed by atoms with Crippen molar-refractivity contribution in [3.63, 3.8) is 0 Å². The molecule has 0 aromatic carbocycles. The number of hydrogen-bond acceptors (Lipinski definition) is 0. The van der Waals surface area contributed by atoms with Crippen LogP contribution in [0.5, 0.6) is 0 Å². The molecule has 0 aliphatic rings. The fourth-order valence-corrected chi connectivity index (χ4v) is 0.829. The Labute approximate surface area is 91.1 Å². The molecule has 0 bridgehead atoms. The lowest BCUT2D eigenvalue weighted by Gasteiger charge is -1.95. The van der Waals surface area contributed by atoms with Gasteiger partial charge in [0, 0.05) is 0 Å². The minimum Gasteiger partial charge on any atom is -0.0914 e. The summed E-state index contributed by atoms with van der Waals surface area (Å²) in [6, 6.07) is 0. The molecule has 14 heavy (non-hydrogen) atoms. The second-order valence-electron chi connectivity index (χ2n) is 4.64. The van der Waals surface area contributed by atoms with Gasteiger partial charge in [0.1, 0.15) is 0 Å². The van der Waals surface area contributed by atoms with Crippen LogP contribution in [-0.2, 0) is 0 Å². The summed E-state index contributed by atoms with van der Waals surface area (Å²) in [5.74, 6) is 2.13. The third-order valence-corrected chi connectivity index (χ3v) is 1.46. The average molecular weight is 196 g/mol. The first-order chi connectivity index (χ1) is 6.40. The summed E-state index contributed by atoms with van der Waals surface area (Å²) in [7, 11) is 0. The average Bonchev–Trinajstić information content (AvgIpc) is 2.01. The number of rotatable bonds is 3. The van der Waals surface area contributed by atoms with Crippen LogP contribution in [0.15, 0.2) is 24.3 Å². The molecule has 0 heterocycles. The zero-order valence-corrected chi connectivity index (χ0v) is 11.0. The second kappa shape index (κ2) is 10.6. The van der Waals surface area contributed by atoms with Crippen molar-refractivity contribution in [3.05, 3.63) is 24.3 Å². The third-order valence-electron chi connectivity index (χ3n) is 1.46. The Morgan fingerprint density at radius 1 is 0.571 bits per heavy atom. The van der Waals surface area contributed by atoms with Crippen LogP contribution in [0.3, 0.4) is 0 Å². The Morgan fingerprint density at radius 3 is 0.929 bits per heavy atom. The number of hydrogen-bond donors (Lipinski definition) is 0. The molecule has 0 amide bonds. The van der Waals surface area contributed by atoms with Crippen molar-refractivity contribution >= 4 is 0 Å². The first-order valence-corrected chi connectivity index (χ1v) is 5.71. The van der Waals surface area contributed by atoms with Gasteiger partial charge in [-0.15, -0.1) is 0 Å². The Bertz CT molecular complexity index is 137. The van der Waals surface area contributed by atoms with Gasteiger partial charge in [-0.25, -0.2) is 0 Å². The van der Waals surface area contributed by atoms with Crippen LogP contribution < -0.4 is 0 Å². The summed E-state index contributed by atoms with van der Waals surface area (Å²) in [4.78, 5) is 0. The molecule has 0 heteroatoms. The summed E-state index contributed by atoms with van der Waals surface area (Å²) < 4.78 is 0. The van der Waals surface area contributed by atoms with Crippen molar-refractivity contribution in [1.82, 2.24) is 0 Å². The lowest BCUT2D eigenvalue weighted by molar-refractivity contribution is 0.780. The van der Waals surface area contributed by atoms with Crippen LogP contribution in [-0.4, -0.2) is 0 Å². The van der Waals surface area contributed by atoms with Crippen LogP contribution in [0.4, 0.5) is 0 Å². The van der Waals surface area contributed by atoms with E-state index in [4.69, 9.17) is 0 Å². The maximum absolute atomic E-state index is 2.24. The molecule has 84 valence electrons. The van der Waals surface area contributed by atoms with Crippen molar-refractivity contribution in [2.75, 3.05) is 0 Å². The van der Waals surface area contributed by atoms with Gasteiger partial charge in [0.15, 0.2) is 0 Å². The Morgan fingerprint density at radius 2 is 0.857 bits per heavy atom. The highest BCUT2D eigenvalue weighted by molar-refractivity contribution is 4.86.